The lowest BCUT2D eigenvalue weighted by atomic mass is 10.1. The predicted octanol–water partition coefficient (Wildman–Crippen LogP) is 3.43. The molecule has 6 nitrogen and oxygen atoms in total. The Morgan fingerprint density at radius 1 is 1.14 bits per heavy atom. The lowest BCUT2D eigenvalue weighted by molar-refractivity contribution is 0.0902. The van der Waals surface area contributed by atoms with Gasteiger partial charge >= 0.3 is 0 Å². The molecule has 29 heavy (non-hydrogen) atoms. The molecule has 0 atom stereocenters. The molecule has 2 amide bonds. The van der Waals surface area contributed by atoms with Crippen LogP contribution in [0.2, 0.25) is 5.02 Å². The minimum absolute atomic E-state index is 0.176. The topological polar surface area (TPSA) is 71.8 Å². The Morgan fingerprint density at radius 2 is 1.93 bits per heavy atom. The molecule has 2 aromatic heterocycles. The molecule has 0 radical (unpaired) electrons. The summed E-state index contributed by atoms with van der Waals surface area (Å²) in [5.41, 5.74) is 1.02. The van der Waals surface area contributed by atoms with Gasteiger partial charge in [0.15, 0.2) is 0 Å². The van der Waals surface area contributed by atoms with Crippen molar-refractivity contribution in [3.8, 4) is 5.75 Å². The Bertz CT molecular complexity index is 1110. The summed E-state index contributed by atoms with van der Waals surface area (Å²) in [6.07, 6.45) is 4.90. The summed E-state index contributed by atoms with van der Waals surface area (Å²) in [5, 5.41) is 6.35. The van der Waals surface area contributed by atoms with Gasteiger partial charge in [0.25, 0.3) is 11.8 Å². The molecule has 4 rings (SSSR count). The van der Waals surface area contributed by atoms with Gasteiger partial charge in [0.05, 0.1) is 23.2 Å². The van der Waals surface area contributed by atoms with Crippen LogP contribution in [0, 0.1) is 5.82 Å². The summed E-state index contributed by atoms with van der Waals surface area (Å²) >= 11 is 5.97. The van der Waals surface area contributed by atoms with Crippen molar-refractivity contribution in [3.63, 3.8) is 0 Å². The van der Waals surface area contributed by atoms with Gasteiger partial charge in [-0.25, -0.2) is 4.39 Å². The molecule has 0 bridgehead atoms. The quantitative estimate of drug-likeness (QED) is 0.648. The number of methoxy groups -OCH3 is 1. The highest BCUT2D eigenvalue weighted by molar-refractivity contribution is 6.30. The van der Waals surface area contributed by atoms with E-state index in [9.17, 15) is 14.0 Å². The first-order valence-corrected chi connectivity index (χ1v) is 9.48. The molecule has 1 aliphatic carbocycles. The van der Waals surface area contributed by atoms with Crippen LogP contribution in [0.5, 0.6) is 5.75 Å². The van der Waals surface area contributed by atoms with Crippen molar-refractivity contribution in [3.05, 3.63) is 70.8 Å². The third-order valence-corrected chi connectivity index (χ3v) is 5.23. The average Bonchev–Trinajstić information content (AvgIpc) is 3.33. The highest BCUT2D eigenvalue weighted by atomic mass is 35.5. The number of nitrogens with zero attached hydrogens (tertiary/aromatic N) is 1. The third-order valence-electron chi connectivity index (χ3n) is 5.01. The summed E-state index contributed by atoms with van der Waals surface area (Å²) in [5.74, 6) is -0.917. The minimum atomic E-state index is -0.548. The van der Waals surface area contributed by atoms with Crippen LogP contribution in [0.4, 0.5) is 4.39 Å². The standard InChI is InChI=1S/C21H19ClFN3O3/c1-29-18-8-13(6-16(23)9-18)20(28)25-21(4-5-21)12-24-19(27)14-7-17-3-2-15(22)11-26(17)10-14/h2-3,6-11H,4-5,12H2,1H3,(H,24,27)(H,25,28). The summed E-state index contributed by atoms with van der Waals surface area (Å²) in [6, 6.07) is 9.20. The number of carbonyl (C=O) groups excluding carboxylic acids is 2. The van der Waals surface area contributed by atoms with E-state index in [1.807, 2.05) is 6.07 Å². The van der Waals surface area contributed by atoms with E-state index in [2.05, 4.69) is 10.6 Å². The smallest absolute Gasteiger partial charge is 0.252 e. The second kappa shape index (κ2) is 7.40. The maximum Gasteiger partial charge on any atom is 0.252 e. The molecule has 0 spiro atoms. The van der Waals surface area contributed by atoms with Crippen molar-refractivity contribution in [2.24, 2.45) is 0 Å². The zero-order chi connectivity index (χ0) is 20.6. The van der Waals surface area contributed by atoms with E-state index in [1.165, 1.54) is 19.2 Å². The molecular weight excluding hydrogens is 397 g/mol. The molecule has 1 aromatic carbocycles. The van der Waals surface area contributed by atoms with Crippen LogP contribution >= 0.6 is 11.6 Å². The molecule has 8 heteroatoms. The fraction of sp³-hybridized carbons (Fsp3) is 0.238. The van der Waals surface area contributed by atoms with E-state index < -0.39 is 17.3 Å². The van der Waals surface area contributed by atoms with E-state index in [4.69, 9.17) is 16.3 Å². The first-order chi connectivity index (χ1) is 13.9. The number of ether oxygens (including phenoxy) is 1. The maximum absolute atomic E-state index is 13.7. The van der Waals surface area contributed by atoms with Gasteiger partial charge in [-0.3, -0.25) is 9.59 Å². The van der Waals surface area contributed by atoms with Crippen LogP contribution in [-0.4, -0.2) is 35.4 Å². The van der Waals surface area contributed by atoms with E-state index in [-0.39, 0.29) is 23.8 Å². The van der Waals surface area contributed by atoms with E-state index in [0.29, 0.717) is 10.6 Å². The second-order valence-electron chi connectivity index (χ2n) is 7.21. The van der Waals surface area contributed by atoms with Crippen molar-refractivity contribution >= 4 is 28.9 Å². The zero-order valence-corrected chi connectivity index (χ0v) is 16.4. The molecule has 1 fully saturated rings. The van der Waals surface area contributed by atoms with Crippen molar-refractivity contribution in [1.82, 2.24) is 15.0 Å². The van der Waals surface area contributed by atoms with Crippen molar-refractivity contribution in [2.45, 2.75) is 18.4 Å². The number of benzene rings is 1. The second-order valence-corrected chi connectivity index (χ2v) is 7.64. The van der Waals surface area contributed by atoms with Crippen molar-refractivity contribution in [2.75, 3.05) is 13.7 Å². The van der Waals surface area contributed by atoms with E-state index in [0.717, 1.165) is 24.4 Å². The number of hydrogen-bond donors (Lipinski definition) is 2. The van der Waals surface area contributed by atoms with Gasteiger partial charge in [-0.1, -0.05) is 11.6 Å². The molecule has 0 saturated heterocycles. The number of rotatable bonds is 6. The highest BCUT2D eigenvalue weighted by Crippen LogP contribution is 2.35. The van der Waals surface area contributed by atoms with Crippen LogP contribution in [0.15, 0.2) is 48.8 Å². The average molecular weight is 416 g/mol. The fourth-order valence-electron chi connectivity index (χ4n) is 3.18. The molecule has 3 aromatic rings. The molecule has 1 aliphatic rings. The summed E-state index contributed by atoms with van der Waals surface area (Å²) in [7, 11) is 1.41. The summed E-state index contributed by atoms with van der Waals surface area (Å²) in [4.78, 5) is 25.0. The predicted molar refractivity (Wildman–Crippen MR) is 107 cm³/mol. The molecule has 0 unspecified atom stereocenters. The van der Waals surface area contributed by atoms with Crippen molar-refractivity contribution in [1.29, 1.82) is 0 Å². The molecule has 2 heterocycles. The zero-order valence-electron chi connectivity index (χ0n) is 15.7. The number of pyridine rings is 1. The monoisotopic (exact) mass is 415 g/mol. The van der Waals surface area contributed by atoms with Crippen molar-refractivity contribution < 1.29 is 18.7 Å². The normalized spacial score (nSPS) is 14.4. The van der Waals surface area contributed by atoms with Gasteiger partial charge in [0.1, 0.15) is 11.6 Å². The Hall–Kier alpha value is -3.06. The van der Waals surface area contributed by atoms with Gasteiger partial charge in [-0.15, -0.1) is 0 Å². The lowest BCUT2D eigenvalue weighted by Gasteiger charge is -2.18. The Labute approximate surface area is 171 Å². The maximum atomic E-state index is 13.7. The van der Waals surface area contributed by atoms with Crippen LogP contribution in [0.3, 0.4) is 0 Å². The summed E-state index contributed by atoms with van der Waals surface area (Å²) < 4.78 is 20.4. The van der Waals surface area contributed by atoms with E-state index in [1.54, 1.807) is 28.9 Å². The Balaban J connectivity index is 1.40. The number of aromatic nitrogens is 1. The number of hydrogen-bond acceptors (Lipinski definition) is 3. The lowest BCUT2D eigenvalue weighted by Crippen LogP contribution is -2.45. The molecule has 2 N–H and O–H groups in total. The molecular formula is C21H19ClFN3O3. The minimum Gasteiger partial charge on any atom is -0.497 e. The third kappa shape index (κ3) is 4.19. The molecule has 1 saturated carbocycles. The Kier molecular flexibility index (Phi) is 4.92. The fourth-order valence-corrected chi connectivity index (χ4v) is 3.35. The van der Waals surface area contributed by atoms with Crippen LogP contribution in [0.25, 0.3) is 5.52 Å². The Morgan fingerprint density at radius 3 is 2.66 bits per heavy atom. The first-order valence-electron chi connectivity index (χ1n) is 9.10. The van der Waals surface area contributed by atoms with Gasteiger partial charge in [-0.05, 0) is 43.2 Å². The molecule has 0 aliphatic heterocycles. The number of carbonyl (C=O) groups is 2. The van der Waals surface area contributed by atoms with Gasteiger partial charge < -0.3 is 19.8 Å². The number of nitrogens with one attached hydrogen (secondary N) is 2. The van der Waals surface area contributed by atoms with Gasteiger partial charge in [0.2, 0.25) is 0 Å². The van der Waals surface area contributed by atoms with Crippen LogP contribution in [-0.2, 0) is 0 Å². The molecule has 150 valence electrons. The van der Waals surface area contributed by atoms with E-state index >= 15 is 0 Å². The number of amides is 2. The first kappa shape index (κ1) is 19.3. The van der Waals surface area contributed by atoms with Crippen LogP contribution < -0.4 is 15.4 Å². The largest absolute Gasteiger partial charge is 0.497 e. The van der Waals surface area contributed by atoms with Gasteiger partial charge in [0, 0.05) is 36.1 Å². The number of halogens is 2. The van der Waals surface area contributed by atoms with Crippen LogP contribution in [0.1, 0.15) is 33.6 Å². The van der Waals surface area contributed by atoms with Gasteiger partial charge in [-0.2, -0.15) is 0 Å². The number of fused-ring (bicyclic) bond motifs is 1. The SMILES string of the molecule is COc1cc(F)cc(C(=O)NC2(CNC(=O)c3cc4ccc(Cl)cn4c3)CC2)c1. The summed E-state index contributed by atoms with van der Waals surface area (Å²) in [6.45, 7) is 0.289. The highest BCUT2D eigenvalue weighted by Gasteiger charge is 2.44.